The van der Waals surface area contributed by atoms with Crippen molar-refractivity contribution in [3.63, 3.8) is 0 Å². The lowest BCUT2D eigenvalue weighted by Gasteiger charge is -2.08. The van der Waals surface area contributed by atoms with Gasteiger partial charge in [-0.3, -0.25) is 9.78 Å². The third-order valence-electron chi connectivity index (χ3n) is 3.61. The fourth-order valence-corrected chi connectivity index (χ4v) is 2.60. The second-order valence-corrected chi connectivity index (χ2v) is 5.00. The van der Waals surface area contributed by atoms with Crippen molar-refractivity contribution in [2.75, 3.05) is 5.32 Å². The first-order chi connectivity index (χ1) is 10.1. The molecule has 2 N–H and O–H groups in total. The van der Waals surface area contributed by atoms with Crippen LogP contribution in [0.5, 0.6) is 0 Å². The van der Waals surface area contributed by atoms with Gasteiger partial charge in [-0.15, -0.1) is 0 Å². The number of hydrogen-bond donors (Lipinski definition) is 2. The Labute approximate surface area is 121 Å². The van der Waals surface area contributed by atoms with Crippen LogP contribution in [-0.2, 0) is 12.8 Å². The predicted molar refractivity (Wildman–Crippen MR) is 77.6 cm³/mol. The number of hydrogen-bond acceptors (Lipinski definition) is 3. The van der Waals surface area contributed by atoms with E-state index >= 15 is 0 Å². The number of aryl methyl sites for hydroxylation is 2. The number of pyridine rings is 1. The van der Waals surface area contributed by atoms with Crippen LogP contribution in [0.25, 0.3) is 0 Å². The predicted octanol–water partition coefficient (Wildman–Crippen LogP) is 2.52. The topological polar surface area (TPSA) is 79.3 Å². The first-order valence-corrected chi connectivity index (χ1v) is 6.76. The fourth-order valence-electron chi connectivity index (χ4n) is 2.60. The minimum atomic E-state index is -1.16. The van der Waals surface area contributed by atoms with Gasteiger partial charge in [0, 0.05) is 11.9 Å². The molecular weight excluding hydrogens is 268 g/mol. The van der Waals surface area contributed by atoms with Gasteiger partial charge in [-0.25, -0.2) is 4.79 Å². The summed E-state index contributed by atoms with van der Waals surface area (Å²) in [6.45, 7) is 0. The number of aromatic carboxylic acids is 1. The molecule has 106 valence electrons. The van der Waals surface area contributed by atoms with Gasteiger partial charge in [0.25, 0.3) is 5.91 Å². The molecule has 1 aliphatic carbocycles. The summed E-state index contributed by atoms with van der Waals surface area (Å²) in [6, 6.07) is 8.66. The van der Waals surface area contributed by atoms with Gasteiger partial charge in [-0.05, 0) is 54.7 Å². The number of carboxylic acids is 1. The summed E-state index contributed by atoms with van der Waals surface area (Å²) in [5.41, 5.74) is 3.05. The molecular formula is C16H14N2O3. The van der Waals surface area contributed by atoms with Gasteiger partial charge in [0.2, 0.25) is 0 Å². The molecule has 3 rings (SSSR count). The highest BCUT2D eigenvalue weighted by Gasteiger charge is 2.18. The van der Waals surface area contributed by atoms with Crippen LogP contribution in [0, 0.1) is 0 Å². The van der Waals surface area contributed by atoms with Crippen molar-refractivity contribution >= 4 is 17.6 Å². The minimum absolute atomic E-state index is 0.0782. The summed E-state index contributed by atoms with van der Waals surface area (Å²) in [6.07, 6.45) is 4.64. The summed E-state index contributed by atoms with van der Waals surface area (Å²) in [5.74, 6) is -1.67. The first-order valence-electron chi connectivity index (χ1n) is 6.76. The number of anilines is 1. The van der Waals surface area contributed by atoms with Gasteiger partial charge in [-0.2, -0.15) is 0 Å². The van der Waals surface area contributed by atoms with E-state index in [1.165, 1.54) is 29.5 Å². The van der Waals surface area contributed by atoms with E-state index < -0.39 is 11.9 Å². The average Bonchev–Trinajstić information content (AvgIpc) is 2.94. The number of carboxylic acid groups (broad SMARTS) is 1. The van der Waals surface area contributed by atoms with Crippen molar-refractivity contribution in [2.45, 2.75) is 19.3 Å². The number of carbonyl (C=O) groups excluding carboxylic acids is 1. The van der Waals surface area contributed by atoms with Crippen LogP contribution in [-0.4, -0.2) is 22.0 Å². The maximum atomic E-state index is 12.2. The van der Waals surface area contributed by atoms with Crippen molar-refractivity contribution < 1.29 is 14.7 Å². The molecule has 0 aliphatic heterocycles. The van der Waals surface area contributed by atoms with Crippen molar-refractivity contribution in [2.24, 2.45) is 0 Å². The number of nitrogens with zero attached hydrogens (tertiary/aromatic N) is 1. The zero-order valence-corrected chi connectivity index (χ0v) is 11.3. The Kier molecular flexibility index (Phi) is 3.39. The average molecular weight is 282 g/mol. The molecule has 1 heterocycles. The minimum Gasteiger partial charge on any atom is -0.478 e. The van der Waals surface area contributed by atoms with Crippen molar-refractivity contribution in [3.05, 3.63) is 58.9 Å². The molecule has 0 bridgehead atoms. The molecule has 5 nitrogen and oxygen atoms in total. The van der Waals surface area contributed by atoms with E-state index in [0.29, 0.717) is 5.69 Å². The summed E-state index contributed by atoms with van der Waals surface area (Å²) in [5, 5.41) is 11.8. The SMILES string of the molecule is O=C(O)c1cccnc1C(=O)Nc1ccc2c(c1)CCC2. The zero-order chi connectivity index (χ0) is 14.8. The van der Waals surface area contributed by atoms with Gasteiger partial charge < -0.3 is 10.4 Å². The lowest BCUT2D eigenvalue weighted by Crippen LogP contribution is -2.18. The molecule has 0 unspecified atom stereocenters. The number of nitrogens with one attached hydrogen (secondary N) is 1. The number of aromatic nitrogens is 1. The molecule has 0 atom stereocenters. The van der Waals surface area contributed by atoms with Gasteiger partial charge in [0.05, 0.1) is 5.56 Å². The second kappa shape index (κ2) is 5.36. The number of rotatable bonds is 3. The molecule has 1 aliphatic rings. The summed E-state index contributed by atoms with van der Waals surface area (Å²) in [4.78, 5) is 27.2. The monoisotopic (exact) mass is 282 g/mol. The lowest BCUT2D eigenvalue weighted by molar-refractivity contribution is 0.0691. The van der Waals surface area contributed by atoms with Crippen molar-refractivity contribution in [1.29, 1.82) is 0 Å². The van der Waals surface area contributed by atoms with E-state index in [9.17, 15) is 9.59 Å². The Hall–Kier alpha value is -2.69. The molecule has 0 fully saturated rings. The largest absolute Gasteiger partial charge is 0.478 e. The van der Waals surface area contributed by atoms with Gasteiger partial charge in [0.1, 0.15) is 5.69 Å². The standard InChI is InChI=1S/C16H14N2O3/c19-15(14-13(16(20)21)5-2-8-17-14)18-12-7-6-10-3-1-4-11(10)9-12/h2,5-9H,1,3-4H2,(H,18,19)(H,20,21). The molecule has 0 saturated carbocycles. The number of carbonyl (C=O) groups is 2. The van der Waals surface area contributed by atoms with E-state index in [1.54, 1.807) is 0 Å². The van der Waals surface area contributed by atoms with E-state index in [0.717, 1.165) is 19.3 Å². The van der Waals surface area contributed by atoms with Crippen molar-refractivity contribution in [1.82, 2.24) is 4.98 Å². The lowest BCUT2D eigenvalue weighted by atomic mass is 10.1. The van der Waals surface area contributed by atoms with E-state index in [2.05, 4.69) is 10.3 Å². The van der Waals surface area contributed by atoms with Crippen molar-refractivity contribution in [3.8, 4) is 0 Å². The van der Waals surface area contributed by atoms with Gasteiger partial charge in [-0.1, -0.05) is 6.07 Å². The summed E-state index contributed by atoms with van der Waals surface area (Å²) >= 11 is 0. The Morgan fingerprint density at radius 3 is 2.76 bits per heavy atom. The number of amides is 1. The Balaban J connectivity index is 1.85. The normalized spacial score (nSPS) is 12.8. The highest BCUT2D eigenvalue weighted by molar-refractivity contribution is 6.09. The van der Waals surface area contributed by atoms with Crippen LogP contribution >= 0.6 is 0 Å². The maximum absolute atomic E-state index is 12.2. The molecule has 0 saturated heterocycles. The fraction of sp³-hybridized carbons (Fsp3) is 0.188. The quantitative estimate of drug-likeness (QED) is 0.906. The van der Waals surface area contributed by atoms with Crippen LogP contribution in [0.2, 0.25) is 0 Å². The molecule has 2 aromatic rings. The zero-order valence-electron chi connectivity index (χ0n) is 11.3. The van der Waals surface area contributed by atoms with Crippen LogP contribution in [0.3, 0.4) is 0 Å². The Morgan fingerprint density at radius 1 is 1.14 bits per heavy atom. The summed E-state index contributed by atoms with van der Waals surface area (Å²) in [7, 11) is 0. The molecule has 1 amide bonds. The molecule has 0 radical (unpaired) electrons. The second-order valence-electron chi connectivity index (χ2n) is 5.00. The van der Waals surface area contributed by atoms with Gasteiger partial charge >= 0.3 is 5.97 Å². The molecule has 0 spiro atoms. The Bertz CT molecular complexity index is 725. The highest BCUT2D eigenvalue weighted by atomic mass is 16.4. The highest BCUT2D eigenvalue weighted by Crippen LogP contribution is 2.25. The van der Waals surface area contributed by atoms with Crippen LogP contribution < -0.4 is 5.32 Å². The maximum Gasteiger partial charge on any atom is 0.338 e. The molecule has 5 heteroatoms. The number of fused-ring (bicyclic) bond motifs is 1. The van der Waals surface area contributed by atoms with Crippen LogP contribution in [0.1, 0.15) is 38.4 Å². The van der Waals surface area contributed by atoms with E-state index in [-0.39, 0.29) is 11.3 Å². The molecule has 21 heavy (non-hydrogen) atoms. The van der Waals surface area contributed by atoms with Gasteiger partial charge in [0.15, 0.2) is 0 Å². The van der Waals surface area contributed by atoms with Crippen LogP contribution in [0.4, 0.5) is 5.69 Å². The van der Waals surface area contributed by atoms with E-state index in [1.807, 2.05) is 18.2 Å². The van der Waals surface area contributed by atoms with E-state index in [4.69, 9.17) is 5.11 Å². The van der Waals surface area contributed by atoms with Crippen LogP contribution in [0.15, 0.2) is 36.5 Å². The Morgan fingerprint density at radius 2 is 1.95 bits per heavy atom. The smallest absolute Gasteiger partial charge is 0.338 e. The molecule has 1 aromatic heterocycles. The first kappa shape index (κ1) is 13.3. The summed E-state index contributed by atoms with van der Waals surface area (Å²) < 4.78 is 0. The third-order valence-corrected chi connectivity index (χ3v) is 3.61. The number of benzene rings is 1. The molecule has 1 aromatic carbocycles. The third kappa shape index (κ3) is 2.63.